The highest BCUT2D eigenvalue weighted by Gasteiger charge is 2.32. The Hall–Kier alpha value is -0.993. The van der Waals surface area contributed by atoms with Crippen LogP contribution in [0.1, 0.15) is 20.8 Å². The quantitative estimate of drug-likeness (QED) is 0.190. The van der Waals surface area contributed by atoms with E-state index in [1.165, 1.54) is 0 Å². The van der Waals surface area contributed by atoms with Crippen molar-refractivity contribution in [2.45, 2.75) is 50.0 Å². The van der Waals surface area contributed by atoms with Crippen molar-refractivity contribution in [3.63, 3.8) is 0 Å². The molecule has 0 aliphatic carbocycles. The Balaban J connectivity index is 2.06. The fourth-order valence-corrected chi connectivity index (χ4v) is 7.47. The number of aromatic nitrogens is 2. The molecule has 6 nitrogen and oxygen atoms in total. The molecular formula is C14H23N5OS2Si. The third kappa shape index (κ3) is 4.51. The van der Waals surface area contributed by atoms with Crippen molar-refractivity contribution in [2.24, 2.45) is 5.11 Å². The molecule has 1 atom stereocenters. The molecule has 0 aromatic carbocycles. The van der Waals surface area contributed by atoms with Gasteiger partial charge in [0, 0.05) is 22.2 Å². The number of rotatable bonds is 10. The number of thioether (sulfide) groups is 1. The van der Waals surface area contributed by atoms with Gasteiger partial charge in [-0.1, -0.05) is 25.9 Å². The minimum absolute atomic E-state index is 0.0425. The Morgan fingerprint density at radius 3 is 2.83 bits per heavy atom. The molecule has 0 saturated heterocycles. The summed E-state index contributed by atoms with van der Waals surface area (Å²) in [6.45, 7) is 7.02. The lowest BCUT2D eigenvalue weighted by molar-refractivity contribution is 0.218. The van der Waals surface area contributed by atoms with Gasteiger partial charge in [-0.2, -0.15) is 0 Å². The van der Waals surface area contributed by atoms with E-state index in [0.717, 1.165) is 33.7 Å². The van der Waals surface area contributed by atoms with Crippen LogP contribution >= 0.6 is 23.1 Å². The maximum Gasteiger partial charge on any atom is 0.192 e. The maximum absolute atomic E-state index is 8.64. The van der Waals surface area contributed by atoms with Crippen LogP contribution in [0.2, 0.25) is 18.1 Å². The van der Waals surface area contributed by atoms with Crippen LogP contribution in [0, 0.1) is 0 Å². The van der Waals surface area contributed by atoms with Crippen molar-refractivity contribution < 1.29 is 4.43 Å². The summed E-state index contributed by atoms with van der Waals surface area (Å²) in [4.78, 5) is 8.51. The lowest BCUT2D eigenvalue weighted by atomic mass is 10.4. The van der Waals surface area contributed by atoms with Gasteiger partial charge in [-0.15, -0.1) is 23.1 Å². The molecule has 0 fully saturated rings. The van der Waals surface area contributed by atoms with Crippen molar-refractivity contribution in [2.75, 3.05) is 12.3 Å². The zero-order valence-corrected chi connectivity index (χ0v) is 16.4. The minimum atomic E-state index is -1.71. The van der Waals surface area contributed by atoms with Crippen molar-refractivity contribution in [1.82, 2.24) is 9.38 Å². The molecule has 2 aromatic rings. The first-order valence-corrected chi connectivity index (χ1v) is 12.3. The van der Waals surface area contributed by atoms with Gasteiger partial charge in [-0.3, -0.25) is 4.40 Å². The summed E-state index contributed by atoms with van der Waals surface area (Å²) in [5.41, 5.74) is 8.64. The number of thiazole rings is 1. The highest BCUT2D eigenvalue weighted by molar-refractivity contribution is 7.99. The predicted octanol–water partition coefficient (Wildman–Crippen LogP) is 5.19. The lowest BCUT2D eigenvalue weighted by Gasteiger charge is -2.32. The summed E-state index contributed by atoms with van der Waals surface area (Å²) in [7, 11) is -1.71. The minimum Gasteiger partial charge on any atom is -0.413 e. The number of azide groups is 1. The summed E-state index contributed by atoms with van der Waals surface area (Å²) in [5, 5.41) is 6.83. The Morgan fingerprint density at radius 1 is 1.43 bits per heavy atom. The molecule has 0 radical (unpaired) electrons. The average Bonchev–Trinajstić information content (AvgIpc) is 3.19. The van der Waals surface area contributed by atoms with E-state index in [-0.39, 0.29) is 6.10 Å². The van der Waals surface area contributed by atoms with Crippen LogP contribution in [0.5, 0.6) is 0 Å². The van der Waals surface area contributed by atoms with E-state index in [9.17, 15) is 0 Å². The van der Waals surface area contributed by atoms with E-state index < -0.39 is 8.32 Å². The number of fused-ring (bicyclic) bond motifs is 1. The highest BCUT2D eigenvalue weighted by Crippen LogP contribution is 2.29. The van der Waals surface area contributed by atoms with E-state index in [1.54, 1.807) is 23.1 Å². The molecule has 2 rings (SSSR count). The summed E-state index contributed by atoms with van der Waals surface area (Å²) < 4.78 is 8.53. The zero-order valence-electron chi connectivity index (χ0n) is 13.8. The SMILES string of the molecule is CC[Si](CC)(CC)O[C@H](CN=[N+]=[N-])CSc1ncn2ccsc12. The van der Waals surface area contributed by atoms with E-state index in [0.29, 0.717) is 6.54 Å². The molecule has 0 unspecified atom stereocenters. The van der Waals surface area contributed by atoms with Gasteiger partial charge in [0.15, 0.2) is 8.32 Å². The first-order valence-electron chi connectivity index (χ1n) is 7.89. The van der Waals surface area contributed by atoms with Gasteiger partial charge >= 0.3 is 0 Å². The Morgan fingerprint density at radius 2 is 2.17 bits per heavy atom. The molecule has 23 heavy (non-hydrogen) atoms. The van der Waals surface area contributed by atoms with Gasteiger partial charge in [-0.05, 0) is 23.7 Å². The van der Waals surface area contributed by atoms with Gasteiger partial charge in [0.2, 0.25) is 0 Å². The third-order valence-corrected chi connectivity index (χ3v) is 11.0. The van der Waals surface area contributed by atoms with Crippen molar-refractivity contribution in [3.8, 4) is 0 Å². The van der Waals surface area contributed by atoms with Gasteiger partial charge in [0.05, 0.1) is 12.6 Å². The maximum atomic E-state index is 8.64. The van der Waals surface area contributed by atoms with E-state index in [1.807, 2.05) is 16.9 Å². The third-order valence-electron chi connectivity index (χ3n) is 4.22. The van der Waals surface area contributed by atoms with E-state index >= 15 is 0 Å². The molecular weight excluding hydrogens is 346 g/mol. The fraction of sp³-hybridized carbons (Fsp3) is 0.643. The van der Waals surface area contributed by atoms with Crippen LogP contribution in [-0.2, 0) is 4.43 Å². The standard InChI is InChI=1S/C14H23N5OS2Si/c1-4-23(5-2,6-3)20-12(9-17-18-15)10-22-13-14-19(11-16-13)7-8-21-14/h7-8,11-12H,4-6,9-10H2,1-3H3/t12-/m1/s1. The zero-order chi connectivity index (χ0) is 16.7. The van der Waals surface area contributed by atoms with Crippen LogP contribution in [0.15, 0.2) is 28.0 Å². The Bertz CT molecular complexity index is 655. The average molecular weight is 370 g/mol. The van der Waals surface area contributed by atoms with Crippen molar-refractivity contribution >= 4 is 36.2 Å². The molecule has 2 heterocycles. The predicted molar refractivity (Wildman–Crippen MR) is 99.9 cm³/mol. The highest BCUT2D eigenvalue weighted by atomic mass is 32.2. The number of hydrogen-bond donors (Lipinski definition) is 0. The monoisotopic (exact) mass is 369 g/mol. The molecule has 0 N–H and O–H groups in total. The molecule has 126 valence electrons. The second-order valence-electron chi connectivity index (χ2n) is 5.37. The Kier molecular flexibility index (Phi) is 6.98. The molecule has 0 spiro atoms. The number of imidazole rings is 1. The van der Waals surface area contributed by atoms with E-state index in [4.69, 9.17) is 9.96 Å². The largest absolute Gasteiger partial charge is 0.413 e. The van der Waals surface area contributed by atoms with Crippen LogP contribution in [-0.4, -0.2) is 36.1 Å². The molecule has 0 bridgehead atoms. The molecule has 0 saturated carbocycles. The van der Waals surface area contributed by atoms with Crippen LogP contribution in [0.3, 0.4) is 0 Å². The van der Waals surface area contributed by atoms with Crippen LogP contribution in [0.4, 0.5) is 0 Å². The second-order valence-corrected chi connectivity index (χ2v) is 12.0. The van der Waals surface area contributed by atoms with Crippen LogP contribution in [0.25, 0.3) is 15.3 Å². The first-order chi connectivity index (χ1) is 11.2. The Labute approximate surface area is 146 Å². The summed E-state index contributed by atoms with van der Waals surface area (Å²) in [5.74, 6) is 0.762. The van der Waals surface area contributed by atoms with Gasteiger partial charge in [0.25, 0.3) is 0 Å². The topological polar surface area (TPSA) is 75.3 Å². The summed E-state index contributed by atoms with van der Waals surface area (Å²) >= 11 is 3.37. The first kappa shape index (κ1) is 18.3. The second kappa shape index (κ2) is 8.75. The summed E-state index contributed by atoms with van der Waals surface area (Å²) in [6.07, 6.45) is 3.80. The normalized spacial score (nSPS) is 13.2. The fourth-order valence-electron chi connectivity index (χ4n) is 2.59. The molecule has 0 amide bonds. The number of nitrogens with zero attached hydrogens (tertiary/aromatic N) is 5. The molecule has 0 aliphatic rings. The van der Waals surface area contributed by atoms with Crippen molar-refractivity contribution in [1.29, 1.82) is 0 Å². The van der Waals surface area contributed by atoms with Gasteiger partial charge in [-0.25, -0.2) is 4.98 Å². The van der Waals surface area contributed by atoms with Gasteiger partial charge in [0.1, 0.15) is 16.2 Å². The molecule has 0 aliphatic heterocycles. The lowest BCUT2D eigenvalue weighted by Crippen LogP contribution is -2.41. The molecule has 9 heteroatoms. The van der Waals surface area contributed by atoms with Gasteiger partial charge < -0.3 is 4.43 Å². The number of hydrogen-bond acceptors (Lipinski definition) is 5. The van der Waals surface area contributed by atoms with Crippen molar-refractivity contribution in [3.05, 3.63) is 28.3 Å². The smallest absolute Gasteiger partial charge is 0.192 e. The van der Waals surface area contributed by atoms with E-state index in [2.05, 4.69) is 41.2 Å². The molecule has 2 aromatic heterocycles. The van der Waals surface area contributed by atoms with Crippen LogP contribution < -0.4 is 0 Å². The summed E-state index contributed by atoms with van der Waals surface area (Å²) in [6, 6.07) is 3.28.